The number of anilines is 1. The highest BCUT2D eigenvalue weighted by Gasteiger charge is 2.35. The van der Waals surface area contributed by atoms with E-state index in [1.165, 1.54) is 18.4 Å². The molecule has 5 heteroatoms. The van der Waals surface area contributed by atoms with Crippen molar-refractivity contribution in [3.8, 4) is 0 Å². The van der Waals surface area contributed by atoms with Crippen LogP contribution in [-0.4, -0.2) is 41.5 Å². The highest BCUT2D eigenvalue weighted by atomic mass is 16.1. The number of nitrogens with two attached hydrogens (primary N) is 1. The molecule has 3 fully saturated rings. The maximum Gasteiger partial charge on any atom is 0.252 e. The van der Waals surface area contributed by atoms with Crippen LogP contribution in [0.1, 0.15) is 28.8 Å². The molecular weight excluding hydrogens is 312 g/mol. The number of fused-ring (bicyclic) bond motifs is 4. The molecule has 3 aliphatic heterocycles. The molecule has 0 unspecified atom stereocenters. The van der Waals surface area contributed by atoms with Crippen molar-refractivity contribution >= 4 is 11.7 Å². The third-order valence-corrected chi connectivity index (χ3v) is 5.41. The summed E-state index contributed by atoms with van der Waals surface area (Å²) in [4.78, 5) is 21.1. The number of primary amides is 1. The minimum Gasteiger partial charge on any atom is -0.365 e. The van der Waals surface area contributed by atoms with Crippen molar-refractivity contribution in [2.45, 2.75) is 25.4 Å². The maximum atomic E-state index is 11.8. The van der Waals surface area contributed by atoms with Crippen LogP contribution in [-0.2, 0) is 6.54 Å². The van der Waals surface area contributed by atoms with E-state index in [0.717, 1.165) is 32.0 Å². The van der Waals surface area contributed by atoms with Crippen LogP contribution in [0.25, 0.3) is 0 Å². The molecule has 0 radical (unpaired) electrons. The highest BCUT2D eigenvalue weighted by molar-refractivity contribution is 5.97. The zero-order chi connectivity index (χ0) is 17.2. The van der Waals surface area contributed by atoms with Gasteiger partial charge in [0.1, 0.15) is 5.82 Å². The molecule has 5 nitrogen and oxygen atoms in total. The fourth-order valence-electron chi connectivity index (χ4n) is 4.20. The van der Waals surface area contributed by atoms with Crippen LogP contribution in [0.2, 0.25) is 0 Å². The molecule has 1 aromatic carbocycles. The van der Waals surface area contributed by atoms with Crippen molar-refractivity contribution in [1.29, 1.82) is 0 Å². The van der Waals surface area contributed by atoms with Crippen LogP contribution in [0.5, 0.6) is 0 Å². The zero-order valence-corrected chi connectivity index (χ0v) is 14.3. The second kappa shape index (κ2) is 6.84. The molecule has 0 spiro atoms. The highest BCUT2D eigenvalue weighted by Crippen LogP contribution is 2.32. The third kappa shape index (κ3) is 3.37. The zero-order valence-electron chi connectivity index (χ0n) is 14.3. The first-order chi connectivity index (χ1) is 12.2. The van der Waals surface area contributed by atoms with Gasteiger partial charge in [-0.1, -0.05) is 30.3 Å². The van der Waals surface area contributed by atoms with Crippen LogP contribution in [0.15, 0.2) is 48.7 Å². The van der Waals surface area contributed by atoms with Crippen LogP contribution in [0, 0.1) is 5.92 Å². The summed E-state index contributed by atoms with van der Waals surface area (Å²) >= 11 is 0. The van der Waals surface area contributed by atoms with Crippen LogP contribution >= 0.6 is 0 Å². The first-order valence-electron chi connectivity index (χ1n) is 8.98. The van der Waals surface area contributed by atoms with Gasteiger partial charge in [0.2, 0.25) is 0 Å². The number of rotatable bonds is 4. The molecule has 3 aliphatic rings. The van der Waals surface area contributed by atoms with E-state index in [9.17, 15) is 4.79 Å². The smallest absolute Gasteiger partial charge is 0.252 e. The van der Waals surface area contributed by atoms with E-state index in [1.54, 1.807) is 18.3 Å². The Morgan fingerprint density at radius 2 is 1.92 bits per heavy atom. The van der Waals surface area contributed by atoms with Gasteiger partial charge in [-0.15, -0.1) is 0 Å². The number of pyridine rings is 1. The van der Waals surface area contributed by atoms with Gasteiger partial charge in [0, 0.05) is 38.4 Å². The molecule has 1 aromatic heterocycles. The van der Waals surface area contributed by atoms with Gasteiger partial charge in [-0.25, -0.2) is 4.98 Å². The largest absolute Gasteiger partial charge is 0.365 e. The molecule has 2 N–H and O–H groups in total. The third-order valence-electron chi connectivity index (χ3n) is 5.41. The van der Waals surface area contributed by atoms with Crippen molar-refractivity contribution in [1.82, 2.24) is 9.88 Å². The molecule has 5 rings (SSSR count). The molecule has 4 heterocycles. The number of aromatic nitrogens is 1. The molecule has 25 heavy (non-hydrogen) atoms. The van der Waals surface area contributed by atoms with E-state index in [0.29, 0.717) is 17.5 Å². The Bertz CT molecular complexity index is 748. The fourth-order valence-corrected chi connectivity index (χ4v) is 4.20. The number of benzene rings is 1. The predicted octanol–water partition coefficient (Wildman–Crippen LogP) is 2.28. The first-order valence-corrected chi connectivity index (χ1v) is 8.98. The lowest BCUT2D eigenvalue weighted by Crippen LogP contribution is -2.43. The van der Waals surface area contributed by atoms with Gasteiger partial charge in [-0.2, -0.15) is 0 Å². The first kappa shape index (κ1) is 16.1. The Labute approximate surface area is 148 Å². The quantitative estimate of drug-likeness (QED) is 0.930. The fraction of sp³-hybridized carbons (Fsp3) is 0.400. The maximum absolute atomic E-state index is 11.8. The van der Waals surface area contributed by atoms with Crippen molar-refractivity contribution in [3.63, 3.8) is 0 Å². The number of piperidine rings is 1. The molecule has 2 atom stereocenters. The van der Waals surface area contributed by atoms with Gasteiger partial charge < -0.3 is 10.6 Å². The summed E-state index contributed by atoms with van der Waals surface area (Å²) in [6.45, 7) is 3.94. The number of carbonyl (C=O) groups excluding carboxylic acids is 1. The Kier molecular flexibility index (Phi) is 4.40. The number of carbonyl (C=O) groups is 1. The average Bonchev–Trinajstić information content (AvgIpc) is 2.94. The van der Waals surface area contributed by atoms with Gasteiger partial charge in [0.25, 0.3) is 5.91 Å². The lowest BCUT2D eigenvalue weighted by atomic mass is 9.94. The summed E-state index contributed by atoms with van der Waals surface area (Å²) < 4.78 is 0. The summed E-state index contributed by atoms with van der Waals surface area (Å²) in [6.07, 6.45) is 4.19. The Balaban J connectivity index is 1.56. The van der Waals surface area contributed by atoms with Crippen LogP contribution in [0.4, 0.5) is 5.82 Å². The Hall–Kier alpha value is -2.40. The van der Waals surface area contributed by atoms with Gasteiger partial charge in [-0.3, -0.25) is 9.69 Å². The predicted molar refractivity (Wildman–Crippen MR) is 98.3 cm³/mol. The minimum absolute atomic E-state index is 0.402. The van der Waals surface area contributed by atoms with E-state index in [-0.39, 0.29) is 0 Å². The molecule has 0 saturated carbocycles. The number of amides is 1. The van der Waals surface area contributed by atoms with Crippen LogP contribution in [0.3, 0.4) is 0 Å². The molecule has 130 valence electrons. The number of hydrogen-bond donors (Lipinski definition) is 1. The molecular formula is C20H24N4O. The SMILES string of the molecule is NC(=O)c1cccnc1N1C[C@@H]2CC[C@H](C1)N(Cc1ccccc1)C2. The lowest BCUT2D eigenvalue weighted by molar-refractivity contribution is 0.100. The monoisotopic (exact) mass is 336 g/mol. The summed E-state index contributed by atoms with van der Waals surface area (Å²) in [5.41, 5.74) is 7.44. The van der Waals surface area contributed by atoms with Crippen molar-refractivity contribution < 1.29 is 4.79 Å². The molecule has 1 amide bonds. The summed E-state index contributed by atoms with van der Waals surface area (Å²) in [5, 5.41) is 0. The van der Waals surface area contributed by atoms with Gasteiger partial charge in [0.05, 0.1) is 5.56 Å². The molecule has 2 bridgehead atoms. The summed E-state index contributed by atoms with van der Waals surface area (Å²) in [5.74, 6) is 0.944. The summed E-state index contributed by atoms with van der Waals surface area (Å²) in [6, 6.07) is 14.7. The average molecular weight is 336 g/mol. The van der Waals surface area contributed by atoms with Gasteiger partial charge in [0.15, 0.2) is 0 Å². The van der Waals surface area contributed by atoms with E-state index >= 15 is 0 Å². The van der Waals surface area contributed by atoms with Crippen molar-refractivity contribution in [3.05, 3.63) is 59.8 Å². The molecule has 3 saturated heterocycles. The second-order valence-electron chi connectivity index (χ2n) is 7.16. The van der Waals surface area contributed by atoms with E-state index in [1.807, 2.05) is 0 Å². The minimum atomic E-state index is -0.402. The number of nitrogens with zero attached hydrogens (tertiary/aromatic N) is 3. The van der Waals surface area contributed by atoms with E-state index in [4.69, 9.17) is 5.73 Å². The topological polar surface area (TPSA) is 62.5 Å². The van der Waals surface area contributed by atoms with Gasteiger partial charge in [-0.05, 0) is 36.5 Å². The van der Waals surface area contributed by atoms with Crippen LogP contribution < -0.4 is 10.6 Å². The van der Waals surface area contributed by atoms with Gasteiger partial charge >= 0.3 is 0 Å². The normalized spacial score (nSPS) is 23.4. The molecule has 2 aromatic rings. The second-order valence-corrected chi connectivity index (χ2v) is 7.16. The Morgan fingerprint density at radius 1 is 1.08 bits per heavy atom. The van der Waals surface area contributed by atoms with E-state index < -0.39 is 5.91 Å². The lowest BCUT2D eigenvalue weighted by Gasteiger charge is -2.36. The summed E-state index contributed by atoms with van der Waals surface area (Å²) in [7, 11) is 0. The standard InChI is InChI=1S/C20H24N4O/c21-19(25)18-7-4-10-22-20(18)24-13-16-8-9-17(14-24)23(12-16)11-15-5-2-1-3-6-15/h1-7,10,16-17H,8-9,11-14H2,(H2,21,25)/t16-,17-/m1/s1. The molecule has 0 aliphatic carbocycles. The Morgan fingerprint density at radius 3 is 2.72 bits per heavy atom. The number of hydrogen-bond acceptors (Lipinski definition) is 4. The van der Waals surface area contributed by atoms with Crippen molar-refractivity contribution in [2.75, 3.05) is 24.5 Å². The van der Waals surface area contributed by atoms with Crippen molar-refractivity contribution in [2.24, 2.45) is 11.7 Å². The van der Waals surface area contributed by atoms with E-state index in [2.05, 4.69) is 45.1 Å².